The Morgan fingerprint density at radius 1 is 1.33 bits per heavy atom. The summed E-state index contributed by atoms with van der Waals surface area (Å²) in [6.07, 6.45) is 2.55. The lowest BCUT2D eigenvalue weighted by molar-refractivity contribution is -0.121. The first-order chi connectivity index (χ1) is 10.2. The van der Waals surface area contributed by atoms with Gasteiger partial charge in [0.2, 0.25) is 5.91 Å². The van der Waals surface area contributed by atoms with Gasteiger partial charge in [-0.15, -0.1) is 0 Å². The molecule has 0 saturated heterocycles. The first kappa shape index (κ1) is 13.9. The van der Waals surface area contributed by atoms with Gasteiger partial charge in [0.15, 0.2) is 0 Å². The van der Waals surface area contributed by atoms with Crippen molar-refractivity contribution < 1.29 is 9.53 Å². The minimum absolute atomic E-state index is 0.169. The molecule has 2 aromatic carbocycles. The van der Waals surface area contributed by atoms with E-state index in [4.69, 9.17) is 4.74 Å². The fraction of sp³-hybridized carbons (Fsp3) is 0.389. The molecule has 21 heavy (non-hydrogen) atoms. The topological polar surface area (TPSA) is 38.3 Å². The molecule has 1 saturated carbocycles. The number of methoxy groups -OCH3 is 1. The summed E-state index contributed by atoms with van der Waals surface area (Å²) in [5, 5.41) is 5.58. The van der Waals surface area contributed by atoms with E-state index in [2.05, 4.69) is 35.6 Å². The van der Waals surface area contributed by atoms with E-state index in [9.17, 15) is 4.79 Å². The van der Waals surface area contributed by atoms with Crippen LogP contribution in [0.4, 0.5) is 0 Å². The highest BCUT2D eigenvalue weighted by molar-refractivity contribution is 5.88. The molecule has 2 aromatic rings. The Labute approximate surface area is 125 Å². The third-order valence-electron chi connectivity index (χ3n) is 4.14. The summed E-state index contributed by atoms with van der Waals surface area (Å²) in [6.45, 7) is 2.03. The second kappa shape index (κ2) is 5.76. The number of carbonyl (C=O) groups excluding carboxylic acids is 1. The number of carbonyl (C=O) groups is 1. The Balaban J connectivity index is 1.83. The van der Waals surface area contributed by atoms with E-state index >= 15 is 0 Å². The predicted octanol–water partition coefficient (Wildman–Crippen LogP) is 3.62. The Kier molecular flexibility index (Phi) is 3.82. The van der Waals surface area contributed by atoms with Crippen LogP contribution < -0.4 is 10.1 Å². The van der Waals surface area contributed by atoms with Gasteiger partial charge in [-0.2, -0.15) is 0 Å². The normalized spacial score (nSPS) is 20.3. The third kappa shape index (κ3) is 2.87. The maximum Gasteiger partial charge on any atom is 0.220 e. The maximum absolute atomic E-state index is 11.7. The molecule has 3 heteroatoms. The van der Waals surface area contributed by atoms with Crippen molar-refractivity contribution in [2.24, 2.45) is 0 Å². The third-order valence-corrected chi connectivity index (χ3v) is 4.14. The van der Waals surface area contributed by atoms with Crippen LogP contribution in [0, 0.1) is 0 Å². The van der Waals surface area contributed by atoms with Crippen LogP contribution in [0.15, 0.2) is 36.4 Å². The minimum Gasteiger partial charge on any atom is -0.497 e. The molecule has 0 aromatic heterocycles. The molecule has 0 bridgehead atoms. The lowest BCUT2D eigenvalue weighted by atomic mass is 10.0. The number of ether oxygens (including phenoxy) is 1. The van der Waals surface area contributed by atoms with Crippen molar-refractivity contribution in [3.8, 4) is 5.75 Å². The predicted molar refractivity (Wildman–Crippen MR) is 84.7 cm³/mol. The summed E-state index contributed by atoms with van der Waals surface area (Å²) in [5.74, 6) is 1.48. The van der Waals surface area contributed by atoms with E-state index in [-0.39, 0.29) is 5.91 Å². The SMILES string of the molecule is CCCC(=O)N[C@@H]1C[C@H]1c1cccc2ccc(OC)cc12. The first-order valence-corrected chi connectivity index (χ1v) is 7.59. The molecule has 0 radical (unpaired) electrons. The second-order valence-corrected chi connectivity index (χ2v) is 5.70. The zero-order valence-electron chi connectivity index (χ0n) is 12.6. The van der Waals surface area contributed by atoms with E-state index in [0.29, 0.717) is 18.4 Å². The molecule has 3 nitrogen and oxygen atoms in total. The lowest BCUT2D eigenvalue weighted by Gasteiger charge is -2.09. The first-order valence-electron chi connectivity index (χ1n) is 7.59. The van der Waals surface area contributed by atoms with Gasteiger partial charge in [0.1, 0.15) is 5.75 Å². The van der Waals surface area contributed by atoms with Gasteiger partial charge in [0.05, 0.1) is 7.11 Å². The van der Waals surface area contributed by atoms with Crippen molar-refractivity contribution in [3.63, 3.8) is 0 Å². The van der Waals surface area contributed by atoms with Gasteiger partial charge in [-0.1, -0.05) is 31.2 Å². The zero-order chi connectivity index (χ0) is 14.8. The average Bonchev–Trinajstić information content (AvgIpc) is 3.25. The van der Waals surface area contributed by atoms with E-state index < -0.39 is 0 Å². The molecule has 0 heterocycles. The molecule has 0 spiro atoms. The number of fused-ring (bicyclic) bond motifs is 1. The molecule has 3 rings (SSSR count). The molecule has 2 atom stereocenters. The van der Waals surface area contributed by atoms with Crippen LogP contribution in [0.25, 0.3) is 10.8 Å². The summed E-state index contributed by atoms with van der Waals surface area (Å²) < 4.78 is 5.33. The van der Waals surface area contributed by atoms with Crippen LogP contribution >= 0.6 is 0 Å². The molecule has 1 aliphatic carbocycles. The molecule has 1 fully saturated rings. The molecule has 0 unspecified atom stereocenters. The summed E-state index contributed by atoms with van der Waals surface area (Å²) >= 11 is 0. The summed E-state index contributed by atoms with van der Waals surface area (Å²) in [7, 11) is 1.69. The quantitative estimate of drug-likeness (QED) is 0.910. The van der Waals surface area contributed by atoms with Gasteiger partial charge in [-0.25, -0.2) is 0 Å². The Bertz CT molecular complexity index is 665. The van der Waals surface area contributed by atoms with Crippen LogP contribution in [0.3, 0.4) is 0 Å². The molecular formula is C18H21NO2. The van der Waals surface area contributed by atoms with Crippen LogP contribution in [0.5, 0.6) is 5.75 Å². The van der Waals surface area contributed by atoms with Crippen LogP contribution in [0.2, 0.25) is 0 Å². The smallest absolute Gasteiger partial charge is 0.220 e. The Morgan fingerprint density at radius 3 is 2.95 bits per heavy atom. The highest BCUT2D eigenvalue weighted by Crippen LogP contribution is 2.44. The van der Waals surface area contributed by atoms with Crippen molar-refractivity contribution in [1.82, 2.24) is 5.32 Å². The molecule has 0 aliphatic heterocycles. The van der Waals surface area contributed by atoms with Gasteiger partial charge in [0.25, 0.3) is 0 Å². The maximum atomic E-state index is 11.7. The monoisotopic (exact) mass is 283 g/mol. The van der Waals surface area contributed by atoms with Gasteiger partial charge in [0, 0.05) is 18.4 Å². The van der Waals surface area contributed by atoms with E-state index in [1.54, 1.807) is 7.11 Å². The van der Waals surface area contributed by atoms with Crippen molar-refractivity contribution in [2.75, 3.05) is 7.11 Å². The number of hydrogen-bond acceptors (Lipinski definition) is 2. The zero-order valence-corrected chi connectivity index (χ0v) is 12.6. The summed E-state index contributed by atoms with van der Waals surface area (Å²) in [5.41, 5.74) is 1.31. The molecule has 1 amide bonds. The van der Waals surface area contributed by atoms with Gasteiger partial charge < -0.3 is 10.1 Å². The van der Waals surface area contributed by atoms with Crippen LogP contribution in [-0.4, -0.2) is 19.1 Å². The standard InChI is InChI=1S/C18H21NO2/c1-3-5-18(20)19-17-11-16(17)14-7-4-6-12-8-9-13(21-2)10-15(12)14/h4,6-10,16-17H,3,5,11H2,1-2H3,(H,19,20)/t16-,17+/m0/s1. The largest absolute Gasteiger partial charge is 0.497 e. The number of rotatable bonds is 5. The lowest BCUT2D eigenvalue weighted by Crippen LogP contribution is -2.25. The molecule has 110 valence electrons. The number of nitrogens with one attached hydrogen (secondary N) is 1. The number of benzene rings is 2. The second-order valence-electron chi connectivity index (χ2n) is 5.70. The van der Waals surface area contributed by atoms with E-state index in [0.717, 1.165) is 18.6 Å². The number of amides is 1. The van der Waals surface area contributed by atoms with Crippen molar-refractivity contribution in [3.05, 3.63) is 42.0 Å². The summed E-state index contributed by atoms with van der Waals surface area (Å²) in [4.78, 5) is 11.7. The summed E-state index contributed by atoms with van der Waals surface area (Å²) in [6, 6.07) is 12.8. The highest BCUT2D eigenvalue weighted by atomic mass is 16.5. The van der Waals surface area contributed by atoms with Crippen molar-refractivity contribution in [2.45, 2.75) is 38.1 Å². The van der Waals surface area contributed by atoms with Gasteiger partial charge in [-0.05, 0) is 41.3 Å². The minimum atomic E-state index is 0.169. The van der Waals surface area contributed by atoms with E-state index in [1.807, 2.05) is 13.0 Å². The van der Waals surface area contributed by atoms with Gasteiger partial charge in [-0.3, -0.25) is 4.79 Å². The Hall–Kier alpha value is -2.03. The van der Waals surface area contributed by atoms with Gasteiger partial charge >= 0.3 is 0 Å². The van der Waals surface area contributed by atoms with Crippen molar-refractivity contribution in [1.29, 1.82) is 0 Å². The molecule has 1 N–H and O–H groups in total. The fourth-order valence-corrected chi connectivity index (χ4v) is 2.93. The Morgan fingerprint density at radius 2 is 2.19 bits per heavy atom. The number of hydrogen-bond donors (Lipinski definition) is 1. The van der Waals surface area contributed by atoms with Crippen molar-refractivity contribution >= 4 is 16.7 Å². The molecule has 1 aliphatic rings. The van der Waals surface area contributed by atoms with Crippen LogP contribution in [-0.2, 0) is 4.79 Å². The fourth-order valence-electron chi connectivity index (χ4n) is 2.93. The van der Waals surface area contributed by atoms with E-state index in [1.165, 1.54) is 16.3 Å². The highest BCUT2D eigenvalue weighted by Gasteiger charge is 2.40. The molecular weight excluding hydrogens is 262 g/mol. The van der Waals surface area contributed by atoms with Crippen LogP contribution in [0.1, 0.15) is 37.7 Å². The average molecular weight is 283 g/mol.